The van der Waals surface area contributed by atoms with Crippen molar-refractivity contribution in [3.8, 4) is 17.2 Å². The second-order valence-electron chi connectivity index (χ2n) is 10.3. The number of hydrogen-bond acceptors (Lipinski definition) is 5. The summed E-state index contributed by atoms with van der Waals surface area (Å²) in [5.74, 6) is 3.27. The Morgan fingerprint density at radius 2 is 2.03 bits per heavy atom. The summed E-state index contributed by atoms with van der Waals surface area (Å²) < 4.78 is 23.7. The van der Waals surface area contributed by atoms with E-state index in [9.17, 15) is 4.79 Å². The van der Waals surface area contributed by atoms with E-state index >= 15 is 0 Å². The summed E-state index contributed by atoms with van der Waals surface area (Å²) in [4.78, 5) is 12.6. The number of methoxy groups -OCH3 is 1. The molecule has 31 heavy (non-hydrogen) atoms. The van der Waals surface area contributed by atoms with Crippen molar-refractivity contribution in [3.63, 3.8) is 0 Å². The Hall–Kier alpha value is -1.95. The summed E-state index contributed by atoms with van der Waals surface area (Å²) in [6.07, 6.45) is 4.76. The molecule has 3 fully saturated rings. The second-order valence-corrected chi connectivity index (χ2v) is 10.3. The van der Waals surface area contributed by atoms with Gasteiger partial charge in [0.15, 0.2) is 11.5 Å². The van der Waals surface area contributed by atoms with Gasteiger partial charge in [0.2, 0.25) is 11.7 Å². The molecule has 5 atom stereocenters. The molecule has 0 unspecified atom stereocenters. The molecule has 2 bridgehead atoms. The quantitative estimate of drug-likeness (QED) is 0.757. The minimum Gasteiger partial charge on any atom is -0.493 e. The van der Waals surface area contributed by atoms with E-state index in [2.05, 4.69) is 38.2 Å². The van der Waals surface area contributed by atoms with E-state index in [-0.39, 0.29) is 28.9 Å². The lowest BCUT2D eigenvalue weighted by molar-refractivity contribution is -0.137. The SMILES string of the molecule is CCCC(=O)N[C@@H]1C(C)(C)[C@@H]2C[C@@H]3[C@@H](c4cc(OC)c5c(c4)OCCO5)OCC[C@@]31C2. The van der Waals surface area contributed by atoms with Gasteiger partial charge in [0.25, 0.3) is 0 Å². The molecule has 0 radical (unpaired) electrons. The van der Waals surface area contributed by atoms with Crippen molar-refractivity contribution in [1.29, 1.82) is 0 Å². The van der Waals surface area contributed by atoms with Gasteiger partial charge in [-0.25, -0.2) is 0 Å². The summed E-state index contributed by atoms with van der Waals surface area (Å²) in [5, 5.41) is 3.47. The smallest absolute Gasteiger partial charge is 0.220 e. The molecule has 1 saturated heterocycles. The predicted molar refractivity (Wildman–Crippen MR) is 117 cm³/mol. The molecule has 1 aromatic rings. The van der Waals surface area contributed by atoms with Crippen LogP contribution in [0.2, 0.25) is 0 Å². The van der Waals surface area contributed by atoms with E-state index in [0.717, 1.165) is 30.6 Å². The molecule has 1 aromatic carbocycles. The molecule has 6 heteroatoms. The van der Waals surface area contributed by atoms with Crippen LogP contribution in [0.15, 0.2) is 12.1 Å². The lowest BCUT2D eigenvalue weighted by Gasteiger charge is -2.53. The number of nitrogens with one attached hydrogen (secondary N) is 1. The summed E-state index contributed by atoms with van der Waals surface area (Å²) in [6, 6.07) is 4.31. The van der Waals surface area contributed by atoms with E-state index < -0.39 is 0 Å². The fraction of sp³-hybridized carbons (Fsp3) is 0.720. The van der Waals surface area contributed by atoms with Gasteiger partial charge < -0.3 is 24.3 Å². The number of fused-ring (bicyclic) bond motifs is 2. The molecule has 5 rings (SSSR count). The van der Waals surface area contributed by atoms with Crippen LogP contribution in [-0.4, -0.2) is 38.9 Å². The Labute approximate surface area is 185 Å². The number of hydrogen-bond donors (Lipinski definition) is 1. The van der Waals surface area contributed by atoms with Crippen LogP contribution in [-0.2, 0) is 9.53 Å². The molecule has 4 aliphatic rings. The van der Waals surface area contributed by atoms with Crippen molar-refractivity contribution in [2.24, 2.45) is 22.7 Å². The fourth-order valence-corrected chi connectivity index (χ4v) is 7.04. The van der Waals surface area contributed by atoms with Crippen LogP contribution in [0.4, 0.5) is 0 Å². The van der Waals surface area contributed by atoms with Crippen molar-refractivity contribution >= 4 is 5.91 Å². The molecule has 2 heterocycles. The Kier molecular flexibility index (Phi) is 5.11. The van der Waals surface area contributed by atoms with E-state index in [1.165, 1.54) is 6.42 Å². The molecule has 2 saturated carbocycles. The van der Waals surface area contributed by atoms with Crippen molar-refractivity contribution < 1.29 is 23.7 Å². The monoisotopic (exact) mass is 429 g/mol. The topological polar surface area (TPSA) is 66.0 Å². The van der Waals surface area contributed by atoms with E-state index in [0.29, 0.717) is 49.6 Å². The first-order valence-electron chi connectivity index (χ1n) is 11.8. The second kappa shape index (κ2) is 7.58. The minimum atomic E-state index is -0.0230. The van der Waals surface area contributed by atoms with E-state index in [1.807, 2.05) is 0 Å². The number of ether oxygens (including phenoxy) is 4. The maximum atomic E-state index is 12.6. The highest BCUT2D eigenvalue weighted by molar-refractivity contribution is 5.76. The van der Waals surface area contributed by atoms with Crippen molar-refractivity contribution in [2.75, 3.05) is 26.9 Å². The van der Waals surface area contributed by atoms with Crippen LogP contribution in [0.1, 0.15) is 64.5 Å². The van der Waals surface area contributed by atoms with E-state index in [1.54, 1.807) is 7.11 Å². The summed E-state index contributed by atoms with van der Waals surface area (Å²) in [6.45, 7) is 8.53. The van der Waals surface area contributed by atoms with Gasteiger partial charge >= 0.3 is 0 Å². The lowest BCUT2D eigenvalue weighted by atomic mass is 9.58. The maximum Gasteiger partial charge on any atom is 0.220 e. The van der Waals surface area contributed by atoms with Gasteiger partial charge in [0.1, 0.15) is 13.2 Å². The first-order valence-corrected chi connectivity index (χ1v) is 11.8. The molecule has 2 aliphatic carbocycles. The number of benzene rings is 1. The standard InChI is InChI=1S/C25H35NO5/c1-5-6-20(27)26-23-24(2,3)16-13-17-21(30-8-7-25(17,23)14-16)15-11-18(28-4)22-19(12-15)29-9-10-31-22/h11-12,16-17,21,23H,5-10,13-14H2,1-4H3,(H,26,27)/t16-,17-,21-,23-,25-/m1/s1. The van der Waals surface area contributed by atoms with Gasteiger partial charge in [-0.1, -0.05) is 20.8 Å². The molecule has 170 valence electrons. The van der Waals surface area contributed by atoms with Crippen molar-refractivity contribution in [1.82, 2.24) is 5.32 Å². The zero-order chi connectivity index (χ0) is 21.8. The molecule has 1 N–H and O–H groups in total. The van der Waals surface area contributed by atoms with Crippen LogP contribution in [0, 0.1) is 22.7 Å². The first-order chi connectivity index (χ1) is 14.9. The van der Waals surface area contributed by atoms with Crippen LogP contribution < -0.4 is 19.5 Å². The zero-order valence-electron chi connectivity index (χ0n) is 19.2. The Bertz CT molecular complexity index is 850. The highest BCUT2D eigenvalue weighted by atomic mass is 16.6. The van der Waals surface area contributed by atoms with Crippen LogP contribution in [0.5, 0.6) is 17.2 Å². The molecule has 1 spiro atoms. The third kappa shape index (κ3) is 3.12. The molecular weight excluding hydrogens is 394 g/mol. The molecule has 6 nitrogen and oxygen atoms in total. The fourth-order valence-electron chi connectivity index (χ4n) is 7.04. The Balaban J connectivity index is 1.50. The molecule has 1 amide bonds. The van der Waals surface area contributed by atoms with Crippen LogP contribution in [0.3, 0.4) is 0 Å². The van der Waals surface area contributed by atoms with Crippen LogP contribution >= 0.6 is 0 Å². The normalized spacial score (nSPS) is 34.8. The number of carbonyl (C=O) groups excluding carboxylic acids is 1. The number of carbonyl (C=O) groups is 1. The van der Waals surface area contributed by atoms with Gasteiger partial charge in [-0.15, -0.1) is 0 Å². The summed E-state index contributed by atoms with van der Waals surface area (Å²) in [7, 11) is 1.67. The van der Waals surface area contributed by atoms with Gasteiger partial charge in [-0.05, 0) is 66.0 Å². The molecule has 2 aliphatic heterocycles. The minimum absolute atomic E-state index is 0.0230. The average molecular weight is 430 g/mol. The largest absolute Gasteiger partial charge is 0.493 e. The third-order valence-electron chi connectivity index (χ3n) is 8.47. The number of rotatable bonds is 5. The predicted octanol–water partition coefficient (Wildman–Crippen LogP) is 4.27. The third-order valence-corrected chi connectivity index (χ3v) is 8.47. The highest BCUT2D eigenvalue weighted by Crippen LogP contribution is 2.70. The summed E-state index contributed by atoms with van der Waals surface area (Å²) >= 11 is 0. The molecule has 0 aromatic heterocycles. The van der Waals surface area contributed by atoms with Gasteiger partial charge in [-0.3, -0.25) is 4.79 Å². The highest BCUT2D eigenvalue weighted by Gasteiger charge is 2.68. The van der Waals surface area contributed by atoms with Crippen molar-refractivity contribution in [3.05, 3.63) is 17.7 Å². The molecular formula is C25H35NO5. The lowest BCUT2D eigenvalue weighted by Crippen LogP contribution is -2.58. The Morgan fingerprint density at radius 3 is 2.81 bits per heavy atom. The average Bonchev–Trinajstić information content (AvgIpc) is 3.25. The van der Waals surface area contributed by atoms with Crippen LogP contribution in [0.25, 0.3) is 0 Å². The summed E-state index contributed by atoms with van der Waals surface area (Å²) in [5.41, 5.74) is 1.28. The first kappa shape index (κ1) is 20.9. The van der Waals surface area contributed by atoms with Gasteiger partial charge in [0, 0.05) is 19.1 Å². The maximum absolute atomic E-state index is 12.6. The Morgan fingerprint density at radius 1 is 1.23 bits per heavy atom. The number of amides is 1. The van der Waals surface area contributed by atoms with E-state index in [4.69, 9.17) is 18.9 Å². The van der Waals surface area contributed by atoms with Gasteiger partial charge in [-0.2, -0.15) is 0 Å². The van der Waals surface area contributed by atoms with Gasteiger partial charge in [0.05, 0.1) is 13.2 Å². The zero-order valence-corrected chi connectivity index (χ0v) is 19.2. The van der Waals surface area contributed by atoms with Crippen molar-refractivity contribution in [2.45, 2.75) is 65.0 Å².